The van der Waals surface area contributed by atoms with Crippen LogP contribution in [-0.4, -0.2) is 70.9 Å². The third-order valence-corrected chi connectivity index (χ3v) is 5.50. The molecule has 3 N–H and O–H groups in total. The number of amides is 2. The summed E-state index contributed by atoms with van der Waals surface area (Å²) in [4.78, 5) is 13.9. The number of rotatable bonds is 6. The molecule has 4 heterocycles. The molecule has 0 unspecified atom stereocenters. The summed E-state index contributed by atoms with van der Waals surface area (Å²) in [7, 11) is -4.76. The van der Waals surface area contributed by atoms with Gasteiger partial charge in [0.2, 0.25) is 11.8 Å². The van der Waals surface area contributed by atoms with Gasteiger partial charge in [-0.1, -0.05) is 0 Å². The number of nitrogens with zero attached hydrogens (tertiary/aromatic N) is 4. The third-order valence-electron chi connectivity index (χ3n) is 5.15. The maximum Gasteiger partial charge on any atom is 0.418 e. The molecule has 13 heteroatoms. The standard InChI is InChI=1S/C14H22N6O6S/c21-14-19-8-10(20(14)26-27(22,23)24)1-2-11(19)13-18-17-12(25-13)7-16-9-3-5-15-6-4-9/h9-11,15-16H,1-8H2,(H,22,23,24)/t10-,11-/m0/s1. The zero-order valence-electron chi connectivity index (χ0n) is 14.6. The average Bonchev–Trinajstić information content (AvgIpc) is 3.20. The lowest BCUT2D eigenvalue weighted by Gasteiger charge is -2.27. The number of carbonyl (C=O) groups is 1. The molecule has 2 bridgehead atoms. The van der Waals surface area contributed by atoms with Crippen LogP contribution in [-0.2, 0) is 21.2 Å². The summed E-state index contributed by atoms with van der Waals surface area (Å²) in [5.74, 6) is 0.765. The predicted octanol–water partition coefficient (Wildman–Crippen LogP) is -0.413. The summed E-state index contributed by atoms with van der Waals surface area (Å²) in [5, 5.41) is 15.5. The highest BCUT2D eigenvalue weighted by Gasteiger charge is 2.49. The van der Waals surface area contributed by atoms with Gasteiger partial charge in [0.05, 0.1) is 12.6 Å². The summed E-state index contributed by atoms with van der Waals surface area (Å²) in [6, 6.07) is -1.13. The number of hydrogen-bond acceptors (Lipinski definition) is 9. The van der Waals surface area contributed by atoms with Crippen molar-refractivity contribution in [1.29, 1.82) is 0 Å². The number of carbonyl (C=O) groups excluding carboxylic acids is 1. The van der Waals surface area contributed by atoms with Crippen LogP contribution in [0.3, 0.4) is 0 Å². The van der Waals surface area contributed by atoms with E-state index in [4.69, 9.17) is 8.97 Å². The number of piperidine rings is 2. The second-order valence-corrected chi connectivity index (χ2v) is 7.95. The van der Waals surface area contributed by atoms with Crippen LogP contribution >= 0.6 is 0 Å². The Kier molecular flexibility index (Phi) is 5.03. The minimum atomic E-state index is -4.76. The summed E-state index contributed by atoms with van der Waals surface area (Å²) in [5.41, 5.74) is 0. The Labute approximate surface area is 156 Å². The Morgan fingerprint density at radius 3 is 2.78 bits per heavy atom. The second-order valence-electron chi connectivity index (χ2n) is 6.95. The van der Waals surface area contributed by atoms with Crippen molar-refractivity contribution in [2.75, 3.05) is 19.6 Å². The van der Waals surface area contributed by atoms with E-state index in [1.54, 1.807) is 0 Å². The van der Waals surface area contributed by atoms with Gasteiger partial charge in [-0.3, -0.25) is 4.55 Å². The van der Waals surface area contributed by atoms with Crippen molar-refractivity contribution in [3.05, 3.63) is 11.8 Å². The fourth-order valence-corrected chi connectivity index (χ4v) is 4.21. The van der Waals surface area contributed by atoms with Gasteiger partial charge in [0.25, 0.3) is 0 Å². The molecule has 27 heavy (non-hydrogen) atoms. The molecule has 2 amide bonds. The molecule has 0 aliphatic carbocycles. The van der Waals surface area contributed by atoms with Crippen LogP contribution in [0, 0.1) is 0 Å². The molecule has 2 atom stereocenters. The Morgan fingerprint density at radius 2 is 2.04 bits per heavy atom. The molecule has 3 fully saturated rings. The molecule has 0 radical (unpaired) electrons. The minimum Gasteiger partial charge on any atom is -0.422 e. The molecule has 3 aliphatic rings. The number of hydroxylamine groups is 2. The summed E-state index contributed by atoms with van der Waals surface area (Å²) >= 11 is 0. The monoisotopic (exact) mass is 402 g/mol. The Bertz CT molecular complexity index is 794. The second kappa shape index (κ2) is 7.31. The fourth-order valence-electron chi connectivity index (χ4n) is 3.82. The molecule has 1 aromatic heterocycles. The highest BCUT2D eigenvalue weighted by molar-refractivity contribution is 7.80. The third kappa shape index (κ3) is 4.06. The van der Waals surface area contributed by atoms with Gasteiger partial charge in [0, 0.05) is 12.6 Å². The van der Waals surface area contributed by atoms with Crippen LogP contribution in [0.25, 0.3) is 0 Å². The lowest BCUT2D eigenvalue weighted by molar-refractivity contribution is -0.0317. The Hall–Kier alpha value is -1.80. The largest absolute Gasteiger partial charge is 0.422 e. The van der Waals surface area contributed by atoms with E-state index >= 15 is 0 Å². The topological polar surface area (TPSA) is 150 Å². The molecule has 150 valence electrons. The van der Waals surface area contributed by atoms with Gasteiger partial charge in [-0.25, -0.2) is 4.79 Å². The fraction of sp³-hybridized carbons (Fsp3) is 0.786. The maximum atomic E-state index is 12.4. The van der Waals surface area contributed by atoms with Gasteiger partial charge in [-0.15, -0.1) is 14.5 Å². The Morgan fingerprint density at radius 1 is 1.26 bits per heavy atom. The van der Waals surface area contributed by atoms with E-state index in [-0.39, 0.29) is 6.54 Å². The van der Waals surface area contributed by atoms with Crippen molar-refractivity contribution in [2.24, 2.45) is 0 Å². The molecule has 0 aromatic carbocycles. The molecular weight excluding hydrogens is 380 g/mol. The summed E-state index contributed by atoms with van der Waals surface area (Å²) < 4.78 is 40.9. The van der Waals surface area contributed by atoms with Crippen LogP contribution in [0.5, 0.6) is 0 Å². The highest BCUT2D eigenvalue weighted by Crippen LogP contribution is 2.38. The van der Waals surface area contributed by atoms with E-state index in [2.05, 4.69) is 25.1 Å². The lowest BCUT2D eigenvalue weighted by Crippen LogP contribution is -2.39. The number of nitrogens with one attached hydrogen (secondary N) is 2. The van der Waals surface area contributed by atoms with Gasteiger partial charge in [-0.05, 0) is 38.8 Å². The number of aromatic nitrogens is 2. The Balaban J connectivity index is 1.39. The normalized spacial score (nSPS) is 26.8. The molecule has 1 aromatic rings. The number of fused-ring (bicyclic) bond motifs is 2. The zero-order valence-corrected chi connectivity index (χ0v) is 15.4. The zero-order chi connectivity index (χ0) is 19.0. The van der Waals surface area contributed by atoms with E-state index in [1.165, 1.54) is 4.90 Å². The minimum absolute atomic E-state index is 0.268. The summed E-state index contributed by atoms with van der Waals surface area (Å²) in [6.45, 7) is 2.69. The highest BCUT2D eigenvalue weighted by atomic mass is 32.3. The van der Waals surface area contributed by atoms with E-state index < -0.39 is 28.5 Å². The van der Waals surface area contributed by atoms with Crippen molar-refractivity contribution in [1.82, 2.24) is 30.8 Å². The smallest absolute Gasteiger partial charge is 0.418 e. The molecular formula is C14H22N6O6S. The van der Waals surface area contributed by atoms with Crippen LogP contribution < -0.4 is 10.6 Å². The molecule has 4 rings (SSSR count). The molecule has 3 saturated heterocycles. The first-order chi connectivity index (χ1) is 12.9. The predicted molar refractivity (Wildman–Crippen MR) is 89.4 cm³/mol. The first kappa shape index (κ1) is 18.6. The SMILES string of the molecule is O=C1N2C[C@H](CC[C@H]2c2nnc(CNC3CCNCC3)o2)N1OS(=O)(=O)O. The van der Waals surface area contributed by atoms with Crippen molar-refractivity contribution >= 4 is 16.4 Å². The molecule has 3 aliphatic heterocycles. The van der Waals surface area contributed by atoms with Gasteiger partial charge < -0.3 is 20.0 Å². The number of urea groups is 1. The lowest BCUT2D eigenvalue weighted by atomic mass is 10.0. The van der Waals surface area contributed by atoms with Gasteiger partial charge in [0.15, 0.2) is 0 Å². The number of hydrogen-bond donors (Lipinski definition) is 3. The van der Waals surface area contributed by atoms with Crippen LogP contribution in [0.4, 0.5) is 4.79 Å². The van der Waals surface area contributed by atoms with E-state index in [9.17, 15) is 13.2 Å². The van der Waals surface area contributed by atoms with E-state index in [1.807, 2.05) is 0 Å². The van der Waals surface area contributed by atoms with E-state index in [0.717, 1.165) is 25.9 Å². The van der Waals surface area contributed by atoms with Crippen molar-refractivity contribution in [2.45, 2.75) is 50.4 Å². The first-order valence-electron chi connectivity index (χ1n) is 8.94. The van der Waals surface area contributed by atoms with Crippen molar-refractivity contribution in [3.63, 3.8) is 0 Å². The first-order valence-corrected chi connectivity index (χ1v) is 10.3. The molecule has 0 saturated carbocycles. The molecule has 0 spiro atoms. The average molecular weight is 402 g/mol. The van der Waals surface area contributed by atoms with Crippen LogP contribution in [0.1, 0.15) is 43.5 Å². The van der Waals surface area contributed by atoms with Gasteiger partial charge >= 0.3 is 16.4 Å². The van der Waals surface area contributed by atoms with Crippen LogP contribution in [0.2, 0.25) is 0 Å². The quantitative estimate of drug-likeness (QED) is 0.536. The molecule has 12 nitrogen and oxygen atoms in total. The van der Waals surface area contributed by atoms with Gasteiger partial charge in [0.1, 0.15) is 6.04 Å². The maximum absolute atomic E-state index is 12.4. The van der Waals surface area contributed by atoms with E-state index in [0.29, 0.717) is 42.3 Å². The van der Waals surface area contributed by atoms with Gasteiger partial charge in [-0.2, -0.15) is 13.5 Å². The van der Waals surface area contributed by atoms with Crippen molar-refractivity contribution < 1.29 is 26.5 Å². The summed E-state index contributed by atoms with van der Waals surface area (Å²) in [6.07, 6.45) is 3.10. The van der Waals surface area contributed by atoms with Crippen molar-refractivity contribution in [3.8, 4) is 0 Å². The van der Waals surface area contributed by atoms with Crippen LogP contribution in [0.15, 0.2) is 4.42 Å².